The fraction of sp³-hybridized carbons (Fsp3) is 0.105. The first-order valence-electron chi connectivity index (χ1n) is 8.25. The van der Waals surface area contributed by atoms with Gasteiger partial charge in [0.25, 0.3) is 12.3 Å². The maximum absolute atomic E-state index is 14.9. The Kier molecular flexibility index (Phi) is 6.50. The number of carbonyl (C=O) groups is 1. The fourth-order valence-electron chi connectivity index (χ4n) is 2.49. The molecule has 0 spiro atoms. The van der Waals surface area contributed by atoms with Gasteiger partial charge in [-0.25, -0.2) is 18.2 Å². The van der Waals surface area contributed by atoms with E-state index in [0.29, 0.717) is 0 Å². The van der Waals surface area contributed by atoms with Crippen LogP contribution >= 0.6 is 23.2 Å². The minimum absolute atomic E-state index is 0.00959. The third-order valence-corrected chi connectivity index (χ3v) is 4.50. The maximum Gasteiger partial charge on any atom is 0.271 e. The number of imidazole rings is 1. The fourth-order valence-corrected chi connectivity index (χ4v) is 2.87. The summed E-state index contributed by atoms with van der Waals surface area (Å²) in [5, 5.41) is 11.3. The number of nitriles is 1. The van der Waals surface area contributed by atoms with Crippen molar-refractivity contribution in [2.45, 2.75) is 13.0 Å². The van der Waals surface area contributed by atoms with Gasteiger partial charge >= 0.3 is 0 Å². The predicted molar refractivity (Wildman–Crippen MR) is 102 cm³/mol. The van der Waals surface area contributed by atoms with Crippen molar-refractivity contribution in [2.75, 3.05) is 0 Å². The first kappa shape index (κ1) is 21.5. The lowest BCUT2D eigenvalue weighted by molar-refractivity contribution is 0.0946. The van der Waals surface area contributed by atoms with E-state index < -0.39 is 29.5 Å². The molecule has 0 aliphatic heterocycles. The molecular formula is C19H11Cl2F3N4O2. The average Bonchev–Trinajstić information content (AvgIpc) is 3.16. The average molecular weight is 455 g/mol. The molecule has 0 aliphatic rings. The van der Waals surface area contributed by atoms with E-state index in [1.165, 1.54) is 24.5 Å². The van der Waals surface area contributed by atoms with Crippen molar-refractivity contribution < 1.29 is 22.7 Å². The van der Waals surface area contributed by atoms with Crippen molar-refractivity contribution in [3.63, 3.8) is 0 Å². The van der Waals surface area contributed by atoms with Crippen molar-refractivity contribution >= 4 is 29.1 Å². The highest BCUT2D eigenvalue weighted by Crippen LogP contribution is 2.35. The van der Waals surface area contributed by atoms with Gasteiger partial charge in [0.15, 0.2) is 16.7 Å². The van der Waals surface area contributed by atoms with Gasteiger partial charge in [-0.2, -0.15) is 5.26 Å². The Morgan fingerprint density at radius 2 is 2.07 bits per heavy atom. The summed E-state index contributed by atoms with van der Waals surface area (Å²) in [6, 6.07) is 7.55. The van der Waals surface area contributed by atoms with Gasteiger partial charge in [0.05, 0.1) is 23.0 Å². The highest BCUT2D eigenvalue weighted by atomic mass is 35.5. The van der Waals surface area contributed by atoms with Crippen molar-refractivity contribution in [1.82, 2.24) is 15.3 Å². The molecule has 1 aromatic heterocycles. The van der Waals surface area contributed by atoms with Crippen LogP contribution in [0.2, 0.25) is 10.2 Å². The number of hydrogen-bond donors (Lipinski definition) is 2. The van der Waals surface area contributed by atoms with Crippen LogP contribution in [0.15, 0.2) is 36.7 Å². The third kappa shape index (κ3) is 4.67. The molecule has 0 fully saturated rings. The minimum atomic E-state index is -2.85. The number of nitrogens with zero attached hydrogens (tertiary/aromatic N) is 2. The number of aromatic nitrogens is 2. The summed E-state index contributed by atoms with van der Waals surface area (Å²) in [5.74, 6) is -2.13. The molecule has 3 rings (SSSR count). The van der Waals surface area contributed by atoms with Crippen LogP contribution < -0.4 is 10.1 Å². The summed E-state index contributed by atoms with van der Waals surface area (Å²) in [6.07, 6.45) is -1.62. The van der Waals surface area contributed by atoms with Crippen molar-refractivity contribution in [3.8, 4) is 17.6 Å². The number of rotatable bonds is 6. The number of carbonyl (C=O) groups excluding carboxylic acids is 1. The van der Waals surface area contributed by atoms with Gasteiger partial charge in [-0.15, -0.1) is 0 Å². The van der Waals surface area contributed by atoms with Crippen LogP contribution in [-0.2, 0) is 6.54 Å². The van der Waals surface area contributed by atoms with Crippen LogP contribution in [-0.4, -0.2) is 15.9 Å². The molecule has 0 saturated heterocycles. The molecule has 154 valence electrons. The number of H-pyrrole nitrogens is 1. The zero-order valence-corrected chi connectivity index (χ0v) is 16.4. The summed E-state index contributed by atoms with van der Waals surface area (Å²) >= 11 is 11.7. The van der Waals surface area contributed by atoms with E-state index in [4.69, 9.17) is 33.2 Å². The minimum Gasteiger partial charge on any atom is -0.453 e. The van der Waals surface area contributed by atoms with Crippen molar-refractivity contribution in [3.05, 3.63) is 75.0 Å². The van der Waals surface area contributed by atoms with Crippen molar-refractivity contribution in [2.24, 2.45) is 0 Å². The van der Waals surface area contributed by atoms with E-state index in [0.717, 1.165) is 12.1 Å². The second-order valence-corrected chi connectivity index (χ2v) is 6.67. The summed E-state index contributed by atoms with van der Waals surface area (Å²) in [6.45, 7) is -0.242. The number of alkyl halides is 2. The number of ether oxygens (including phenoxy) is 1. The summed E-state index contributed by atoms with van der Waals surface area (Å²) in [5.41, 5.74) is -0.515. The van der Waals surface area contributed by atoms with E-state index in [1.54, 1.807) is 6.07 Å². The second kappa shape index (κ2) is 9.07. The van der Waals surface area contributed by atoms with E-state index in [2.05, 4.69) is 15.3 Å². The molecule has 0 radical (unpaired) electrons. The highest BCUT2D eigenvalue weighted by Gasteiger charge is 2.19. The normalized spacial score (nSPS) is 10.7. The van der Waals surface area contributed by atoms with Crippen LogP contribution in [0.25, 0.3) is 0 Å². The van der Waals surface area contributed by atoms with Crippen LogP contribution in [0, 0.1) is 17.1 Å². The Hall–Kier alpha value is -3.22. The molecule has 2 aromatic carbocycles. The summed E-state index contributed by atoms with van der Waals surface area (Å²) in [7, 11) is 0. The predicted octanol–water partition coefficient (Wildman–Crippen LogP) is 5.39. The molecule has 0 unspecified atom stereocenters. The topological polar surface area (TPSA) is 90.8 Å². The molecule has 1 heterocycles. The number of halogens is 5. The lowest BCUT2D eigenvalue weighted by Crippen LogP contribution is -2.24. The van der Waals surface area contributed by atoms with Gasteiger partial charge < -0.3 is 15.0 Å². The largest absolute Gasteiger partial charge is 0.453 e. The van der Waals surface area contributed by atoms with Gasteiger partial charge in [0, 0.05) is 17.7 Å². The number of hydrogen-bond acceptors (Lipinski definition) is 4. The number of amides is 1. The molecule has 0 bridgehead atoms. The van der Waals surface area contributed by atoms with Gasteiger partial charge in [0.2, 0.25) is 0 Å². The molecule has 1 amide bonds. The van der Waals surface area contributed by atoms with Crippen LogP contribution in [0.5, 0.6) is 11.5 Å². The molecule has 0 saturated carbocycles. The third-order valence-electron chi connectivity index (χ3n) is 3.92. The molecular weight excluding hydrogens is 444 g/mol. The zero-order chi connectivity index (χ0) is 21.8. The first-order chi connectivity index (χ1) is 14.3. The lowest BCUT2D eigenvalue weighted by atomic mass is 10.1. The Morgan fingerprint density at radius 1 is 1.30 bits per heavy atom. The van der Waals surface area contributed by atoms with E-state index in [1.807, 2.05) is 0 Å². The molecule has 0 atom stereocenters. The number of nitrogens with one attached hydrogen (secondary N) is 2. The van der Waals surface area contributed by atoms with Gasteiger partial charge in [-0.3, -0.25) is 4.79 Å². The highest BCUT2D eigenvalue weighted by molar-refractivity contribution is 6.32. The molecule has 0 aliphatic carbocycles. The van der Waals surface area contributed by atoms with Gasteiger partial charge in [-0.1, -0.05) is 29.3 Å². The number of benzene rings is 2. The molecule has 2 N–H and O–H groups in total. The maximum atomic E-state index is 14.9. The van der Waals surface area contributed by atoms with Crippen LogP contribution in [0.4, 0.5) is 13.2 Å². The van der Waals surface area contributed by atoms with E-state index >= 15 is 0 Å². The first-order valence-corrected chi connectivity index (χ1v) is 9.00. The molecule has 3 aromatic rings. The zero-order valence-electron chi connectivity index (χ0n) is 14.8. The molecule has 11 heteroatoms. The van der Waals surface area contributed by atoms with Gasteiger partial charge in [-0.05, 0) is 24.3 Å². The Balaban J connectivity index is 1.85. The van der Waals surface area contributed by atoms with Gasteiger partial charge in [0.1, 0.15) is 11.4 Å². The summed E-state index contributed by atoms with van der Waals surface area (Å²) in [4.78, 5) is 18.3. The van der Waals surface area contributed by atoms with Crippen molar-refractivity contribution in [1.29, 1.82) is 5.26 Å². The number of aromatic amines is 1. The summed E-state index contributed by atoms with van der Waals surface area (Å²) < 4.78 is 46.3. The Labute approximate surface area is 178 Å². The monoisotopic (exact) mass is 454 g/mol. The standard InChI is InChI=1S/C19H11Cl2F3N4O2/c20-13-2-1-10(7-26-19(29)15-17(21)28-8-27-15)14(22)16(13)30-12-4-9(6-25)3-11(5-12)18(23)24/h1-5,8,18H,7H2,(H,26,29)(H,27,28). The van der Waals surface area contributed by atoms with E-state index in [-0.39, 0.29) is 39.3 Å². The Bertz CT molecular complexity index is 1150. The smallest absolute Gasteiger partial charge is 0.271 e. The SMILES string of the molecule is N#Cc1cc(Oc2c(Cl)ccc(CNC(=O)c3[nH]cnc3Cl)c2F)cc(C(F)F)c1. The van der Waals surface area contributed by atoms with E-state index in [9.17, 15) is 18.0 Å². The van der Waals surface area contributed by atoms with Crippen LogP contribution in [0.3, 0.4) is 0 Å². The lowest BCUT2D eigenvalue weighted by Gasteiger charge is -2.13. The second-order valence-electron chi connectivity index (χ2n) is 5.91. The Morgan fingerprint density at radius 3 is 2.70 bits per heavy atom. The van der Waals surface area contributed by atoms with Crippen LogP contribution in [0.1, 0.15) is 33.6 Å². The quantitative estimate of drug-likeness (QED) is 0.522. The molecule has 30 heavy (non-hydrogen) atoms. The molecule has 6 nitrogen and oxygen atoms in total.